The number of hydrogen-bond donors (Lipinski definition) is 0. The fourth-order valence-corrected chi connectivity index (χ4v) is 8.39. The van der Waals surface area contributed by atoms with Crippen molar-refractivity contribution in [1.29, 1.82) is 0 Å². The van der Waals surface area contributed by atoms with E-state index in [0.29, 0.717) is 17.5 Å². The molecule has 5 nitrogen and oxygen atoms in total. The van der Waals surface area contributed by atoms with Crippen LogP contribution in [0.2, 0.25) is 0 Å². The monoisotopic (exact) mass is 674 g/mol. The molecule has 6 aromatic carbocycles. The van der Waals surface area contributed by atoms with Crippen LogP contribution in [-0.4, -0.2) is 19.5 Å². The minimum atomic E-state index is 0.0977. The van der Waals surface area contributed by atoms with E-state index in [2.05, 4.69) is 117 Å². The normalized spacial score (nSPS) is 15.1. The second-order valence-electron chi connectivity index (χ2n) is 15.5. The first-order chi connectivity index (χ1) is 25.2. The van der Waals surface area contributed by atoms with Crippen LogP contribution in [0.1, 0.15) is 51.7 Å². The number of aromatic nitrogens is 4. The van der Waals surface area contributed by atoms with Crippen molar-refractivity contribution >= 4 is 43.7 Å². The zero-order valence-electron chi connectivity index (χ0n) is 29.8. The van der Waals surface area contributed by atoms with E-state index in [0.717, 1.165) is 44.3 Å². The number of para-hydroxylation sites is 2. The predicted octanol–water partition coefficient (Wildman–Crippen LogP) is 12.2. The zero-order valence-corrected chi connectivity index (χ0v) is 29.8. The molecule has 0 saturated heterocycles. The van der Waals surface area contributed by atoms with Gasteiger partial charge in [-0.1, -0.05) is 119 Å². The van der Waals surface area contributed by atoms with E-state index in [4.69, 9.17) is 19.4 Å². The highest BCUT2D eigenvalue weighted by atomic mass is 16.3. The summed E-state index contributed by atoms with van der Waals surface area (Å²) in [7, 11) is 0. The SMILES string of the molecule is CC1(C)CCC(C)(C)c2cc3c(cc21)c1ccccc1n3-c1cccc(-c2nc(-c3ccccc3)nc(-c3cccc4oc5ccccc5c34)n2)c1. The highest BCUT2D eigenvalue weighted by Gasteiger charge is 2.38. The summed E-state index contributed by atoms with van der Waals surface area (Å²) in [6, 6.07) is 46.8. The van der Waals surface area contributed by atoms with Gasteiger partial charge in [0.25, 0.3) is 0 Å². The Labute approximate surface area is 302 Å². The van der Waals surface area contributed by atoms with E-state index in [-0.39, 0.29) is 10.8 Å². The molecular weight excluding hydrogens is 637 g/mol. The molecule has 5 heteroatoms. The highest BCUT2D eigenvalue weighted by molar-refractivity contribution is 6.12. The molecule has 0 unspecified atom stereocenters. The van der Waals surface area contributed by atoms with Crippen LogP contribution in [0.3, 0.4) is 0 Å². The van der Waals surface area contributed by atoms with E-state index in [1.165, 1.54) is 45.8 Å². The van der Waals surface area contributed by atoms with Crippen molar-refractivity contribution in [3.63, 3.8) is 0 Å². The largest absolute Gasteiger partial charge is 0.456 e. The molecule has 0 N–H and O–H groups in total. The maximum atomic E-state index is 6.26. The predicted molar refractivity (Wildman–Crippen MR) is 213 cm³/mol. The van der Waals surface area contributed by atoms with Gasteiger partial charge in [0, 0.05) is 43.9 Å². The first kappa shape index (κ1) is 30.7. The number of furan rings is 1. The van der Waals surface area contributed by atoms with Crippen molar-refractivity contribution in [1.82, 2.24) is 19.5 Å². The molecule has 0 fully saturated rings. The Bertz CT molecular complexity index is 2860. The first-order valence-corrected chi connectivity index (χ1v) is 18.2. The molecule has 3 aromatic heterocycles. The van der Waals surface area contributed by atoms with Gasteiger partial charge in [0.05, 0.1) is 11.0 Å². The van der Waals surface area contributed by atoms with Gasteiger partial charge in [0.15, 0.2) is 17.5 Å². The molecule has 52 heavy (non-hydrogen) atoms. The third-order valence-electron chi connectivity index (χ3n) is 11.3. The van der Waals surface area contributed by atoms with Gasteiger partial charge in [-0.15, -0.1) is 0 Å². The smallest absolute Gasteiger partial charge is 0.164 e. The maximum Gasteiger partial charge on any atom is 0.164 e. The molecule has 3 heterocycles. The summed E-state index contributed by atoms with van der Waals surface area (Å²) in [5, 5.41) is 4.60. The second kappa shape index (κ2) is 11.2. The summed E-state index contributed by atoms with van der Waals surface area (Å²) in [6.45, 7) is 9.60. The summed E-state index contributed by atoms with van der Waals surface area (Å²) >= 11 is 0. The van der Waals surface area contributed by atoms with Gasteiger partial charge in [-0.05, 0) is 77.3 Å². The van der Waals surface area contributed by atoms with Gasteiger partial charge in [0.2, 0.25) is 0 Å². The van der Waals surface area contributed by atoms with E-state index in [9.17, 15) is 0 Å². The van der Waals surface area contributed by atoms with Gasteiger partial charge < -0.3 is 8.98 Å². The molecule has 10 rings (SSSR count). The molecule has 0 aliphatic heterocycles. The Hall–Kier alpha value is -6.07. The van der Waals surface area contributed by atoms with Crippen LogP contribution in [-0.2, 0) is 10.8 Å². The van der Waals surface area contributed by atoms with Crippen LogP contribution >= 0.6 is 0 Å². The second-order valence-corrected chi connectivity index (χ2v) is 15.5. The lowest BCUT2D eigenvalue weighted by atomic mass is 9.63. The minimum absolute atomic E-state index is 0.0977. The topological polar surface area (TPSA) is 56.7 Å². The lowest BCUT2D eigenvalue weighted by molar-refractivity contribution is 0.332. The van der Waals surface area contributed by atoms with Crippen molar-refractivity contribution in [2.45, 2.75) is 51.4 Å². The van der Waals surface area contributed by atoms with Crippen LogP contribution in [0.5, 0.6) is 0 Å². The van der Waals surface area contributed by atoms with Gasteiger partial charge in [-0.25, -0.2) is 15.0 Å². The standard InChI is InChI=1S/C47H38N4O/c1-46(2)24-25-47(3,4)37-28-39-35(27-36(37)46)32-18-8-10-21-38(32)51(39)31-17-12-16-30(26-31)44-48-43(29-14-6-5-7-15-29)49-45(50-44)34-20-13-23-41-42(34)33-19-9-11-22-40(33)52-41/h5-23,26-28H,24-25H2,1-4H3. The quantitative estimate of drug-likeness (QED) is 0.186. The van der Waals surface area contributed by atoms with E-state index < -0.39 is 0 Å². The number of fused-ring (bicyclic) bond motifs is 7. The number of rotatable bonds is 4. The molecule has 0 radical (unpaired) electrons. The number of nitrogens with zero attached hydrogens (tertiary/aromatic N) is 4. The summed E-state index contributed by atoms with van der Waals surface area (Å²) < 4.78 is 8.68. The lowest BCUT2D eigenvalue weighted by Crippen LogP contribution is -2.33. The number of hydrogen-bond acceptors (Lipinski definition) is 4. The summed E-state index contributed by atoms with van der Waals surface area (Å²) in [4.78, 5) is 15.4. The van der Waals surface area contributed by atoms with Crippen LogP contribution < -0.4 is 0 Å². The molecule has 0 saturated carbocycles. The van der Waals surface area contributed by atoms with Crippen molar-refractivity contribution in [3.05, 3.63) is 145 Å². The maximum absolute atomic E-state index is 6.26. The van der Waals surface area contributed by atoms with Crippen molar-refractivity contribution in [2.75, 3.05) is 0 Å². The Kier molecular flexibility index (Phi) is 6.63. The van der Waals surface area contributed by atoms with Gasteiger partial charge in [0.1, 0.15) is 11.2 Å². The van der Waals surface area contributed by atoms with E-state index in [1.807, 2.05) is 48.5 Å². The Balaban J connectivity index is 1.20. The first-order valence-electron chi connectivity index (χ1n) is 18.2. The Morgan fingerprint density at radius 1 is 0.500 bits per heavy atom. The van der Waals surface area contributed by atoms with Crippen molar-refractivity contribution < 1.29 is 4.42 Å². The molecule has 0 bridgehead atoms. The van der Waals surface area contributed by atoms with Crippen molar-refractivity contribution in [2.24, 2.45) is 0 Å². The van der Waals surface area contributed by atoms with Crippen LogP contribution in [0.15, 0.2) is 138 Å². The van der Waals surface area contributed by atoms with Crippen LogP contribution in [0.25, 0.3) is 83.6 Å². The van der Waals surface area contributed by atoms with Gasteiger partial charge in [-0.2, -0.15) is 0 Å². The molecular formula is C47H38N4O. The molecule has 1 aliphatic carbocycles. The molecule has 9 aromatic rings. The average Bonchev–Trinajstić information content (AvgIpc) is 3.72. The summed E-state index contributed by atoms with van der Waals surface area (Å²) in [6.07, 6.45) is 2.35. The summed E-state index contributed by atoms with van der Waals surface area (Å²) in [5.74, 6) is 1.86. The highest BCUT2D eigenvalue weighted by Crippen LogP contribution is 2.48. The van der Waals surface area contributed by atoms with Gasteiger partial charge in [-0.3, -0.25) is 0 Å². The molecule has 0 amide bonds. The van der Waals surface area contributed by atoms with E-state index in [1.54, 1.807) is 0 Å². The molecule has 252 valence electrons. The third-order valence-corrected chi connectivity index (χ3v) is 11.3. The fraction of sp³-hybridized carbons (Fsp3) is 0.170. The molecule has 1 aliphatic rings. The van der Waals surface area contributed by atoms with Crippen LogP contribution in [0, 0.1) is 0 Å². The minimum Gasteiger partial charge on any atom is -0.456 e. The Morgan fingerprint density at radius 3 is 1.92 bits per heavy atom. The summed E-state index contributed by atoms with van der Waals surface area (Å²) in [5.41, 5.74) is 11.1. The van der Waals surface area contributed by atoms with E-state index >= 15 is 0 Å². The van der Waals surface area contributed by atoms with Crippen LogP contribution in [0.4, 0.5) is 0 Å². The molecule has 0 atom stereocenters. The average molecular weight is 675 g/mol. The fourth-order valence-electron chi connectivity index (χ4n) is 8.39. The molecule has 0 spiro atoms. The Morgan fingerprint density at radius 2 is 1.12 bits per heavy atom. The lowest BCUT2D eigenvalue weighted by Gasteiger charge is -2.42. The van der Waals surface area contributed by atoms with Crippen molar-refractivity contribution in [3.8, 4) is 39.9 Å². The number of benzene rings is 6. The van der Waals surface area contributed by atoms with Gasteiger partial charge >= 0.3 is 0 Å². The third kappa shape index (κ3) is 4.72. The zero-order chi connectivity index (χ0) is 35.2.